The highest BCUT2D eigenvalue weighted by atomic mass is 35.5. The van der Waals surface area contributed by atoms with Crippen molar-refractivity contribution in [1.29, 1.82) is 0 Å². The Balaban J connectivity index is 1.73. The number of para-hydroxylation sites is 1. The number of aromatic nitrogens is 1. The van der Waals surface area contributed by atoms with E-state index in [-0.39, 0.29) is 11.8 Å². The van der Waals surface area contributed by atoms with Crippen LogP contribution in [0.3, 0.4) is 0 Å². The van der Waals surface area contributed by atoms with E-state index >= 15 is 0 Å². The minimum Gasteiger partial charge on any atom is -0.322 e. The SMILES string of the molecule is CC(=O)N(c1ccccc1)c1nc(C=CC(=O)Nc2cc(Cl)ccc2C)cs1. The van der Waals surface area contributed by atoms with Crippen LogP contribution in [0.2, 0.25) is 5.02 Å². The molecule has 0 aliphatic rings. The number of nitrogens with zero attached hydrogens (tertiary/aromatic N) is 2. The van der Waals surface area contributed by atoms with Crippen molar-refractivity contribution in [1.82, 2.24) is 4.98 Å². The Kier molecular flexibility index (Phi) is 6.23. The van der Waals surface area contributed by atoms with Gasteiger partial charge in [0.1, 0.15) is 0 Å². The van der Waals surface area contributed by atoms with Crippen LogP contribution in [-0.2, 0) is 9.59 Å². The van der Waals surface area contributed by atoms with Gasteiger partial charge in [0.05, 0.1) is 11.4 Å². The smallest absolute Gasteiger partial charge is 0.248 e. The van der Waals surface area contributed by atoms with Gasteiger partial charge in [-0.1, -0.05) is 35.9 Å². The fraction of sp³-hybridized carbons (Fsp3) is 0.0952. The van der Waals surface area contributed by atoms with Crippen LogP contribution in [0.25, 0.3) is 6.08 Å². The first-order chi connectivity index (χ1) is 13.4. The lowest BCUT2D eigenvalue weighted by molar-refractivity contribution is -0.116. The molecule has 28 heavy (non-hydrogen) atoms. The van der Waals surface area contributed by atoms with Crippen molar-refractivity contribution < 1.29 is 9.59 Å². The summed E-state index contributed by atoms with van der Waals surface area (Å²) in [5, 5.41) is 5.69. The van der Waals surface area contributed by atoms with Crippen molar-refractivity contribution in [2.45, 2.75) is 13.8 Å². The molecule has 0 radical (unpaired) electrons. The van der Waals surface area contributed by atoms with E-state index in [1.807, 2.05) is 43.3 Å². The van der Waals surface area contributed by atoms with E-state index in [4.69, 9.17) is 11.6 Å². The lowest BCUT2D eigenvalue weighted by Crippen LogP contribution is -2.22. The number of nitrogens with one attached hydrogen (secondary N) is 1. The van der Waals surface area contributed by atoms with Crippen LogP contribution in [-0.4, -0.2) is 16.8 Å². The van der Waals surface area contributed by atoms with Crippen molar-refractivity contribution >= 4 is 57.3 Å². The van der Waals surface area contributed by atoms with E-state index in [1.54, 1.807) is 23.6 Å². The van der Waals surface area contributed by atoms with Crippen molar-refractivity contribution in [3.63, 3.8) is 0 Å². The summed E-state index contributed by atoms with van der Waals surface area (Å²) in [6, 6.07) is 14.6. The minimum atomic E-state index is -0.286. The molecule has 7 heteroatoms. The Bertz CT molecular complexity index is 1030. The second-order valence-electron chi connectivity index (χ2n) is 6.03. The highest BCUT2D eigenvalue weighted by molar-refractivity contribution is 7.14. The van der Waals surface area contributed by atoms with Crippen LogP contribution in [0.15, 0.2) is 60.0 Å². The number of aryl methyl sites for hydroxylation is 1. The summed E-state index contributed by atoms with van der Waals surface area (Å²) in [7, 11) is 0. The summed E-state index contributed by atoms with van der Waals surface area (Å²) < 4.78 is 0. The molecule has 0 saturated heterocycles. The molecule has 142 valence electrons. The maximum Gasteiger partial charge on any atom is 0.248 e. The quantitative estimate of drug-likeness (QED) is 0.568. The highest BCUT2D eigenvalue weighted by Crippen LogP contribution is 2.29. The van der Waals surface area contributed by atoms with Crippen LogP contribution >= 0.6 is 22.9 Å². The third kappa shape index (κ3) is 4.85. The predicted molar refractivity (Wildman–Crippen MR) is 115 cm³/mol. The summed E-state index contributed by atoms with van der Waals surface area (Å²) >= 11 is 7.31. The molecule has 3 rings (SSSR count). The molecule has 0 fully saturated rings. The van der Waals surface area contributed by atoms with Gasteiger partial charge in [-0.3, -0.25) is 14.5 Å². The zero-order valence-corrected chi connectivity index (χ0v) is 16.9. The zero-order chi connectivity index (χ0) is 20.1. The van der Waals surface area contributed by atoms with Gasteiger partial charge in [0, 0.05) is 29.1 Å². The molecular weight excluding hydrogens is 394 g/mol. The van der Waals surface area contributed by atoms with Gasteiger partial charge in [-0.15, -0.1) is 11.3 Å². The molecule has 1 N–H and O–H groups in total. The molecule has 2 aromatic carbocycles. The van der Waals surface area contributed by atoms with Gasteiger partial charge in [-0.25, -0.2) is 4.98 Å². The molecule has 0 spiro atoms. The fourth-order valence-electron chi connectivity index (χ4n) is 2.52. The molecule has 1 aromatic heterocycles. The van der Waals surface area contributed by atoms with E-state index in [1.165, 1.54) is 29.2 Å². The number of anilines is 3. The van der Waals surface area contributed by atoms with Gasteiger partial charge in [0.2, 0.25) is 11.8 Å². The van der Waals surface area contributed by atoms with Gasteiger partial charge in [-0.2, -0.15) is 0 Å². The van der Waals surface area contributed by atoms with Crippen molar-refractivity contribution in [3.05, 3.63) is 76.3 Å². The number of carbonyl (C=O) groups excluding carboxylic acids is 2. The Morgan fingerprint density at radius 3 is 2.64 bits per heavy atom. The van der Waals surface area contributed by atoms with Crippen molar-refractivity contribution in [3.8, 4) is 0 Å². The number of amides is 2. The van der Waals surface area contributed by atoms with E-state index in [0.29, 0.717) is 21.5 Å². The Labute approximate surface area is 172 Å². The average molecular weight is 412 g/mol. The number of halogens is 1. The monoisotopic (exact) mass is 411 g/mol. The summed E-state index contributed by atoms with van der Waals surface area (Å²) in [6.07, 6.45) is 3.01. The maximum absolute atomic E-state index is 12.2. The normalized spacial score (nSPS) is 10.8. The molecule has 0 bridgehead atoms. The Morgan fingerprint density at radius 1 is 1.18 bits per heavy atom. The van der Waals surface area contributed by atoms with E-state index in [9.17, 15) is 9.59 Å². The number of hydrogen-bond acceptors (Lipinski definition) is 4. The molecule has 2 amide bonds. The van der Waals surface area contributed by atoms with Crippen molar-refractivity contribution in [2.75, 3.05) is 10.2 Å². The molecule has 1 heterocycles. The number of thiazole rings is 1. The van der Waals surface area contributed by atoms with Crippen LogP contribution < -0.4 is 10.2 Å². The Morgan fingerprint density at radius 2 is 1.93 bits per heavy atom. The standard InChI is InChI=1S/C21H18ClN3O2S/c1-14-8-9-16(22)12-19(14)24-20(27)11-10-17-13-28-21(23-17)25(15(2)26)18-6-4-3-5-7-18/h3-13H,1-2H3,(H,24,27). The third-order valence-corrected chi connectivity index (χ3v) is 4.97. The molecule has 0 atom stereocenters. The van der Waals surface area contributed by atoms with Gasteiger partial charge < -0.3 is 5.32 Å². The number of benzene rings is 2. The van der Waals surface area contributed by atoms with Gasteiger partial charge >= 0.3 is 0 Å². The second kappa shape index (κ2) is 8.82. The van der Waals surface area contributed by atoms with E-state index < -0.39 is 0 Å². The summed E-state index contributed by atoms with van der Waals surface area (Å²) in [5.41, 5.74) is 2.92. The van der Waals surface area contributed by atoms with Crippen LogP contribution in [0, 0.1) is 6.92 Å². The number of hydrogen-bond donors (Lipinski definition) is 1. The minimum absolute atomic E-state index is 0.134. The largest absolute Gasteiger partial charge is 0.322 e. The van der Waals surface area contributed by atoms with E-state index in [2.05, 4.69) is 10.3 Å². The average Bonchev–Trinajstić information content (AvgIpc) is 3.12. The molecule has 0 aliphatic carbocycles. The molecular formula is C21H18ClN3O2S. The number of carbonyl (C=O) groups is 2. The van der Waals surface area contributed by atoms with Gasteiger partial charge in [0.15, 0.2) is 5.13 Å². The lowest BCUT2D eigenvalue weighted by Gasteiger charge is -2.17. The topological polar surface area (TPSA) is 62.3 Å². The summed E-state index contributed by atoms with van der Waals surface area (Å²) in [5.74, 6) is -0.420. The number of rotatable bonds is 5. The van der Waals surface area contributed by atoms with Gasteiger partial charge in [0.25, 0.3) is 0 Å². The maximum atomic E-state index is 12.2. The lowest BCUT2D eigenvalue weighted by atomic mass is 10.2. The van der Waals surface area contributed by atoms with Crippen LogP contribution in [0.1, 0.15) is 18.2 Å². The first kappa shape index (κ1) is 19.8. The highest BCUT2D eigenvalue weighted by Gasteiger charge is 2.17. The molecule has 3 aromatic rings. The predicted octanol–water partition coefficient (Wildman–Crippen LogP) is 5.44. The van der Waals surface area contributed by atoms with E-state index in [0.717, 1.165) is 11.3 Å². The zero-order valence-electron chi connectivity index (χ0n) is 15.3. The summed E-state index contributed by atoms with van der Waals surface area (Å²) in [4.78, 5) is 30.3. The van der Waals surface area contributed by atoms with Crippen LogP contribution in [0.5, 0.6) is 0 Å². The molecule has 5 nitrogen and oxygen atoms in total. The molecule has 0 aliphatic heterocycles. The molecule has 0 saturated carbocycles. The summed E-state index contributed by atoms with van der Waals surface area (Å²) in [6.45, 7) is 3.38. The fourth-order valence-corrected chi connectivity index (χ4v) is 3.55. The van der Waals surface area contributed by atoms with Gasteiger partial charge in [-0.05, 0) is 42.8 Å². The molecule has 0 unspecified atom stereocenters. The Hall–Kier alpha value is -2.96. The second-order valence-corrected chi connectivity index (χ2v) is 7.30. The van der Waals surface area contributed by atoms with Crippen molar-refractivity contribution in [2.24, 2.45) is 0 Å². The first-order valence-electron chi connectivity index (χ1n) is 8.50. The third-order valence-electron chi connectivity index (χ3n) is 3.89. The van der Waals surface area contributed by atoms with Crippen LogP contribution in [0.4, 0.5) is 16.5 Å². The first-order valence-corrected chi connectivity index (χ1v) is 9.76.